The van der Waals surface area contributed by atoms with Crippen molar-refractivity contribution in [2.75, 3.05) is 24.6 Å². The van der Waals surface area contributed by atoms with Crippen LogP contribution >= 0.6 is 0 Å². The topological polar surface area (TPSA) is 58.8 Å². The molecule has 102 valence electrons. The standard InChI is InChI=1S/C14H19N3O2/c1-14(2)16(8-13(15)18)7-10-9-19-12-6-4-3-5-11(12)17(10)14/h3-6,10H,7-9H2,1-2H3,(H2,15,18). The summed E-state index contributed by atoms with van der Waals surface area (Å²) in [5.74, 6) is 0.620. The molecule has 3 rings (SSSR count). The van der Waals surface area contributed by atoms with Gasteiger partial charge in [0.05, 0.1) is 23.9 Å². The molecule has 1 amide bonds. The molecule has 1 fully saturated rings. The molecular weight excluding hydrogens is 242 g/mol. The van der Waals surface area contributed by atoms with Crippen LogP contribution in [0.3, 0.4) is 0 Å². The molecule has 2 aliphatic heterocycles. The highest BCUT2D eigenvalue weighted by Crippen LogP contribution is 2.43. The lowest BCUT2D eigenvalue weighted by Crippen LogP contribution is -2.53. The highest BCUT2D eigenvalue weighted by Gasteiger charge is 2.48. The van der Waals surface area contributed by atoms with E-state index in [1.54, 1.807) is 0 Å². The fourth-order valence-electron chi connectivity index (χ4n) is 3.19. The number of carbonyl (C=O) groups excluding carboxylic acids is 1. The summed E-state index contributed by atoms with van der Waals surface area (Å²) in [6.07, 6.45) is 0. The Balaban J connectivity index is 1.98. The van der Waals surface area contributed by atoms with Crippen LogP contribution in [0.5, 0.6) is 5.75 Å². The number of nitrogens with zero attached hydrogens (tertiary/aromatic N) is 2. The minimum atomic E-state index is -0.290. The Labute approximate surface area is 112 Å². The molecule has 0 aliphatic carbocycles. The second-order valence-corrected chi connectivity index (χ2v) is 5.64. The minimum absolute atomic E-state index is 0.237. The first-order valence-electron chi connectivity index (χ1n) is 6.54. The van der Waals surface area contributed by atoms with Crippen molar-refractivity contribution in [3.8, 4) is 5.75 Å². The summed E-state index contributed by atoms with van der Waals surface area (Å²) >= 11 is 0. The summed E-state index contributed by atoms with van der Waals surface area (Å²) in [6.45, 7) is 5.97. The van der Waals surface area contributed by atoms with E-state index in [-0.39, 0.29) is 24.2 Å². The number of ether oxygens (including phenoxy) is 1. The van der Waals surface area contributed by atoms with E-state index >= 15 is 0 Å². The number of hydrogen-bond acceptors (Lipinski definition) is 4. The predicted octanol–water partition coefficient (Wildman–Crippen LogP) is 0.791. The first-order chi connectivity index (χ1) is 9.00. The number of nitrogens with two attached hydrogens (primary N) is 1. The monoisotopic (exact) mass is 261 g/mol. The SMILES string of the molecule is CC1(C)N(CC(N)=O)CC2COc3ccccc3N21. The largest absolute Gasteiger partial charge is 0.489 e. The summed E-state index contributed by atoms with van der Waals surface area (Å²) in [7, 11) is 0. The average Bonchev–Trinajstić information content (AvgIpc) is 2.61. The molecule has 5 heteroatoms. The number of para-hydroxylation sites is 2. The van der Waals surface area contributed by atoms with Crippen LogP contribution in [0, 0.1) is 0 Å². The normalized spacial score (nSPS) is 24.5. The number of amides is 1. The molecule has 2 N–H and O–H groups in total. The summed E-state index contributed by atoms with van der Waals surface area (Å²) in [5, 5.41) is 0. The second kappa shape index (κ2) is 4.13. The van der Waals surface area contributed by atoms with Gasteiger partial charge in [0.2, 0.25) is 5.91 Å². The third kappa shape index (κ3) is 1.85. The van der Waals surface area contributed by atoms with E-state index in [2.05, 4.69) is 29.7 Å². The maximum absolute atomic E-state index is 11.2. The van der Waals surface area contributed by atoms with Gasteiger partial charge in [-0.2, -0.15) is 0 Å². The number of hydrogen-bond donors (Lipinski definition) is 1. The Morgan fingerprint density at radius 1 is 1.47 bits per heavy atom. The molecule has 0 spiro atoms. The Hall–Kier alpha value is -1.75. The Bertz CT molecular complexity index is 515. The molecule has 2 heterocycles. The molecule has 19 heavy (non-hydrogen) atoms. The lowest BCUT2D eigenvalue weighted by Gasteiger charge is -2.43. The van der Waals surface area contributed by atoms with Gasteiger partial charge >= 0.3 is 0 Å². The van der Waals surface area contributed by atoms with E-state index in [1.165, 1.54) is 0 Å². The maximum Gasteiger partial charge on any atom is 0.231 e. The fraction of sp³-hybridized carbons (Fsp3) is 0.500. The van der Waals surface area contributed by atoms with Crippen molar-refractivity contribution < 1.29 is 9.53 Å². The number of primary amides is 1. The molecule has 0 aromatic heterocycles. The Morgan fingerprint density at radius 3 is 2.95 bits per heavy atom. The zero-order valence-electron chi connectivity index (χ0n) is 11.3. The van der Waals surface area contributed by atoms with E-state index in [0.29, 0.717) is 6.61 Å². The van der Waals surface area contributed by atoms with E-state index < -0.39 is 0 Å². The molecule has 0 bridgehead atoms. The lowest BCUT2D eigenvalue weighted by atomic mass is 10.1. The van der Waals surface area contributed by atoms with Crippen molar-refractivity contribution in [1.82, 2.24) is 4.90 Å². The third-order valence-corrected chi connectivity index (χ3v) is 4.06. The van der Waals surface area contributed by atoms with E-state index in [1.807, 2.05) is 18.2 Å². The molecule has 1 saturated heterocycles. The van der Waals surface area contributed by atoms with Crippen LogP contribution in [0.15, 0.2) is 24.3 Å². The van der Waals surface area contributed by atoms with Gasteiger partial charge in [-0.15, -0.1) is 0 Å². The Morgan fingerprint density at radius 2 is 2.21 bits per heavy atom. The maximum atomic E-state index is 11.2. The molecule has 1 aromatic carbocycles. The van der Waals surface area contributed by atoms with Gasteiger partial charge in [0.25, 0.3) is 0 Å². The van der Waals surface area contributed by atoms with Crippen molar-refractivity contribution >= 4 is 11.6 Å². The van der Waals surface area contributed by atoms with Gasteiger partial charge in [0.1, 0.15) is 12.4 Å². The molecule has 0 radical (unpaired) electrons. The van der Waals surface area contributed by atoms with Gasteiger partial charge in [0.15, 0.2) is 0 Å². The summed E-state index contributed by atoms with van der Waals surface area (Å²) in [4.78, 5) is 15.7. The van der Waals surface area contributed by atoms with Crippen LogP contribution in [0.2, 0.25) is 0 Å². The molecule has 1 unspecified atom stereocenters. The van der Waals surface area contributed by atoms with Crippen molar-refractivity contribution in [3.63, 3.8) is 0 Å². The first kappa shape index (κ1) is 12.3. The quantitative estimate of drug-likeness (QED) is 0.855. The average molecular weight is 261 g/mol. The molecule has 1 atom stereocenters. The number of carbonyl (C=O) groups is 1. The second-order valence-electron chi connectivity index (χ2n) is 5.64. The zero-order chi connectivity index (χ0) is 13.6. The Kier molecular flexibility index (Phi) is 2.67. The molecule has 2 aliphatic rings. The van der Waals surface area contributed by atoms with Gasteiger partial charge < -0.3 is 15.4 Å². The fourth-order valence-corrected chi connectivity index (χ4v) is 3.19. The van der Waals surface area contributed by atoms with Crippen molar-refractivity contribution in [3.05, 3.63) is 24.3 Å². The van der Waals surface area contributed by atoms with Gasteiger partial charge in [-0.3, -0.25) is 9.69 Å². The number of fused-ring (bicyclic) bond motifs is 3. The number of anilines is 1. The zero-order valence-corrected chi connectivity index (χ0v) is 11.3. The first-order valence-corrected chi connectivity index (χ1v) is 6.54. The minimum Gasteiger partial charge on any atom is -0.489 e. The third-order valence-electron chi connectivity index (χ3n) is 4.06. The van der Waals surface area contributed by atoms with Crippen LogP contribution < -0.4 is 15.4 Å². The molecule has 0 saturated carbocycles. The molecule has 5 nitrogen and oxygen atoms in total. The van der Waals surface area contributed by atoms with E-state index in [4.69, 9.17) is 10.5 Å². The summed E-state index contributed by atoms with van der Waals surface area (Å²) < 4.78 is 5.80. The summed E-state index contributed by atoms with van der Waals surface area (Å²) in [5.41, 5.74) is 6.20. The van der Waals surface area contributed by atoms with Crippen molar-refractivity contribution in [1.29, 1.82) is 0 Å². The van der Waals surface area contributed by atoms with Crippen LogP contribution in [0.1, 0.15) is 13.8 Å². The molecular formula is C14H19N3O2. The smallest absolute Gasteiger partial charge is 0.231 e. The van der Waals surface area contributed by atoms with Crippen LogP contribution in [0.25, 0.3) is 0 Å². The molecule has 1 aromatic rings. The van der Waals surface area contributed by atoms with Crippen LogP contribution in [-0.4, -0.2) is 42.2 Å². The van der Waals surface area contributed by atoms with Gasteiger partial charge in [0, 0.05) is 6.54 Å². The highest BCUT2D eigenvalue weighted by atomic mass is 16.5. The van der Waals surface area contributed by atoms with Gasteiger partial charge in [-0.25, -0.2) is 0 Å². The summed E-state index contributed by atoms with van der Waals surface area (Å²) in [6, 6.07) is 8.31. The lowest BCUT2D eigenvalue weighted by molar-refractivity contribution is -0.119. The van der Waals surface area contributed by atoms with E-state index in [9.17, 15) is 4.79 Å². The van der Waals surface area contributed by atoms with Crippen molar-refractivity contribution in [2.24, 2.45) is 5.73 Å². The predicted molar refractivity (Wildman–Crippen MR) is 73.1 cm³/mol. The van der Waals surface area contributed by atoms with E-state index in [0.717, 1.165) is 18.0 Å². The number of rotatable bonds is 2. The van der Waals surface area contributed by atoms with Crippen LogP contribution in [0.4, 0.5) is 5.69 Å². The van der Waals surface area contributed by atoms with Crippen LogP contribution in [-0.2, 0) is 4.79 Å². The van der Waals surface area contributed by atoms with Crippen molar-refractivity contribution in [2.45, 2.75) is 25.6 Å². The number of benzene rings is 1. The van der Waals surface area contributed by atoms with Gasteiger partial charge in [-0.05, 0) is 26.0 Å². The van der Waals surface area contributed by atoms with Gasteiger partial charge in [-0.1, -0.05) is 12.1 Å². The highest BCUT2D eigenvalue weighted by molar-refractivity contribution is 5.76.